The van der Waals surface area contributed by atoms with E-state index in [1.165, 1.54) is 37.5 Å². The van der Waals surface area contributed by atoms with Crippen LogP contribution in [-0.2, 0) is 65.6 Å². The maximum Gasteiger partial charge on any atom is 0.246 e. The van der Waals surface area contributed by atoms with Crippen molar-refractivity contribution in [3.8, 4) is 0 Å². The Kier molecular flexibility index (Phi) is 22.9. The van der Waals surface area contributed by atoms with Gasteiger partial charge in [0.2, 0.25) is 65.0 Å². The number of aromatic amines is 1. The average Bonchev–Trinajstić information content (AvgIpc) is 4.22. The van der Waals surface area contributed by atoms with Crippen molar-refractivity contribution in [3.05, 3.63) is 71.9 Å². The molecular weight excluding hydrogens is 1040 g/mol. The van der Waals surface area contributed by atoms with Crippen molar-refractivity contribution in [1.29, 1.82) is 0 Å². The number of aromatic nitrogens is 1. The van der Waals surface area contributed by atoms with Crippen molar-refractivity contribution in [3.63, 3.8) is 0 Å². The maximum atomic E-state index is 14.6. The Morgan fingerprint density at radius 1 is 0.600 bits per heavy atom. The molecule has 0 bridgehead atoms. The molecule has 10 atom stereocenters. The van der Waals surface area contributed by atoms with Crippen LogP contribution in [0.5, 0.6) is 0 Å². The lowest BCUT2D eigenvalue weighted by molar-refractivity contribution is -0.142. The van der Waals surface area contributed by atoms with Gasteiger partial charge in [-0.25, -0.2) is 0 Å². The van der Waals surface area contributed by atoms with Crippen LogP contribution in [0, 0.1) is 0 Å². The average molecular weight is 1110 g/mol. The molecule has 11 amide bonds. The van der Waals surface area contributed by atoms with Crippen molar-refractivity contribution in [2.24, 2.45) is 22.2 Å². The number of hydrogen-bond acceptors (Lipinski definition) is 13. The van der Waals surface area contributed by atoms with Crippen LogP contribution in [0.15, 0.2) is 65.8 Å². The number of aliphatic hydroxyl groups excluding tert-OH is 1. The molecule has 27 heteroatoms. The van der Waals surface area contributed by atoms with E-state index in [1.54, 1.807) is 42.6 Å². The monoisotopic (exact) mass is 1110 g/mol. The number of nitrogens with zero attached hydrogens (tertiary/aromatic N) is 3. The Morgan fingerprint density at radius 2 is 1.12 bits per heavy atom. The summed E-state index contributed by atoms with van der Waals surface area (Å²) in [7, 11) is 0. The van der Waals surface area contributed by atoms with E-state index in [2.05, 4.69) is 52.5 Å². The number of para-hydroxylation sites is 1. The third-order valence-corrected chi connectivity index (χ3v) is 13.8. The van der Waals surface area contributed by atoms with Crippen LogP contribution in [0.4, 0.5) is 0 Å². The van der Waals surface area contributed by atoms with E-state index in [0.717, 1.165) is 17.8 Å². The molecule has 27 nitrogen and oxygen atoms in total. The number of carbonyl (C=O) groups excluding carboxylic acids is 11. The largest absolute Gasteiger partial charge is 0.394 e. The molecule has 0 saturated carbocycles. The van der Waals surface area contributed by atoms with Gasteiger partial charge in [-0.3, -0.25) is 57.7 Å². The fourth-order valence-corrected chi connectivity index (χ4v) is 9.47. The standard InChI is InChI=1S/C53H75N15O12/c1-28(44(72)62-31(4)51(79)67-22-12-19-41(67)43(54)71)61-50(78)42-20-13-23-68(42)52(80)39(24-33-14-7-6-8-15-33)66-46(74)30(3)59-48(76)38(25-34-26-58-36-17-10-9-16-35(34)36)65-47(75)37(18-11-21-57-53(55)56)64-45(73)29(2)60-49(77)40(27-69)63-32(5)70/h6-10,14-17,26,28-31,37-42,58,69H,11-13,18-25,27H2,1-5H3,(H2,54,71)(H,59,76)(H,60,77)(H,61,78)(H,62,72)(H,63,70)(H,64,73)(H,65,75)(H,66,74)(H4,55,56,57)/t28-,29-,30-,31-,37-,38-,39-,40-,41-,42-/m0/s1. The Morgan fingerprint density at radius 3 is 1.74 bits per heavy atom. The summed E-state index contributed by atoms with van der Waals surface area (Å²) in [4.78, 5) is 157. The molecule has 434 valence electrons. The summed E-state index contributed by atoms with van der Waals surface area (Å²) < 4.78 is 0. The maximum absolute atomic E-state index is 14.6. The highest BCUT2D eigenvalue weighted by molar-refractivity contribution is 5.99. The molecule has 2 aliphatic rings. The minimum Gasteiger partial charge on any atom is -0.394 e. The van der Waals surface area contributed by atoms with Gasteiger partial charge in [-0.2, -0.15) is 0 Å². The lowest BCUT2D eigenvalue weighted by Gasteiger charge is -2.30. The van der Waals surface area contributed by atoms with E-state index in [0.29, 0.717) is 36.9 Å². The minimum absolute atomic E-state index is 0.0234. The summed E-state index contributed by atoms with van der Waals surface area (Å²) in [6, 6.07) is 3.97. The Labute approximate surface area is 462 Å². The number of rotatable bonds is 27. The molecule has 80 heavy (non-hydrogen) atoms. The van der Waals surface area contributed by atoms with Gasteiger partial charge in [-0.05, 0) is 83.4 Å². The first-order valence-corrected chi connectivity index (χ1v) is 26.5. The molecule has 0 spiro atoms. The van der Waals surface area contributed by atoms with E-state index in [9.17, 15) is 57.8 Å². The zero-order valence-electron chi connectivity index (χ0n) is 45.5. The molecule has 16 N–H and O–H groups in total. The number of nitrogens with two attached hydrogens (primary N) is 3. The number of aliphatic imine (C=N–C) groups is 1. The van der Waals surface area contributed by atoms with Crippen LogP contribution in [0.3, 0.4) is 0 Å². The lowest BCUT2D eigenvalue weighted by Crippen LogP contribution is -2.60. The van der Waals surface area contributed by atoms with Gasteiger partial charge in [0.15, 0.2) is 5.96 Å². The van der Waals surface area contributed by atoms with Gasteiger partial charge in [0, 0.05) is 56.5 Å². The number of benzene rings is 2. The number of nitrogens with one attached hydrogen (secondary N) is 9. The summed E-state index contributed by atoms with van der Waals surface area (Å²) in [6.45, 7) is 6.45. The van der Waals surface area contributed by atoms with Gasteiger partial charge in [0.05, 0.1) is 6.61 Å². The second kappa shape index (κ2) is 29.4. The molecule has 2 fully saturated rings. The van der Waals surface area contributed by atoms with Crippen LogP contribution in [0.1, 0.15) is 84.3 Å². The molecule has 3 heterocycles. The van der Waals surface area contributed by atoms with Gasteiger partial charge < -0.3 is 79.6 Å². The number of carbonyl (C=O) groups is 11. The molecule has 5 rings (SSSR count). The molecule has 2 aromatic carbocycles. The number of hydrogen-bond donors (Lipinski definition) is 13. The Balaban J connectivity index is 1.31. The fraction of sp³-hybridized carbons (Fsp3) is 0.509. The number of guanidine groups is 1. The highest BCUT2D eigenvalue weighted by atomic mass is 16.3. The summed E-state index contributed by atoms with van der Waals surface area (Å²) in [5.74, 6) is -8.06. The quantitative estimate of drug-likeness (QED) is 0.0200. The van der Waals surface area contributed by atoms with E-state index in [4.69, 9.17) is 17.2 Å². The van der Waals surface area contributed by atoms with Gasteiger partial charge in [-0.1, -0.05) is 48.5 Å². The molecule has 0 unspecified atom stereocenters. The minimum atomic E-state index is -1.40. The van der Waals surface area contributed by atoms with Crippen LogP contribution in [0.25, 0.3) is 10.9 Å². The molecule has 2 saturated heterocycles. The second-order valence-electron chi connectivity index (χ2n) is 20.0. The lowest BCUT2D eigenvalue weighted by atomic mass is 10.0. The normalized spacial score (nSPS) is 17.9. The number of H-pyrrole nitrogens is 1. The first-order chi connectivity index (χ1) is 38.0. The Hall–Kier alpha value is -8.62. The highest BCUT2D eigenvalue weighted by Crippen LogP contribution is 2.22. The van der Waals surface area contributed by atoms with E-state index < -0.39 is 132 Å². The third kappa shape index (κ3) is 17.4. The predicted molar refractivity (Wildman–Crippen MR) is 292 cm³/mol. The molecular formula is C53H75N15O12. The number of amides is 11. The third-order valence-electron chi connectivity index (χ3n) is 13.8. The first kappa shape index (κ1) is 62.2. The van der Waals surface area contributed by atoms with Gasteiger partial charge in [0.25, 0.3) is 0 Å². The van der Waals surface area contributed by atoms with E-state index in [-0.39, 0.29) is 51.2 Å². The van der Waals surface area contributed by atoms with Crippen LogP contribution in [-0.4, -0.2) is 177 Å². The van der Waals surface area contributed by atoms with Gasteiger partial charge in [0.1, 0.15) is 60.4 Å². The summed E-state index contributed by atoms with van der Waals surface area (Å²) >= 11 is 0. The second-order valence-corrected chi connectivity index (χ2v) is 20.0. The van der Waals surface area contributed by atoms with Gasteiger partial charge in [-0.15, -0.1) is 0 Å². The van der Waals surface area contributed by atoms with Crippen molar-refractivity contribution in [2.75, 3.05) is 26.2 Å². The van der Waals surface area contributed by atoms with E-state index >= 15 is 0 Å². The summed E-state index contributed by atoms with van der Waals surface area (Å²) in [5.41, 5.74) is 18.5. The number of aliphatic hydroxyl groups is 1. The smallest absolute Gasteiger partial charge is 0.246 e. The summed E-state index contributed by atoms with van der Waals surface area (Å²) in [5, 5.41) is 31.0. The number of likely N-dealkylation sites (tertiary alicyclic amines) is 2. The zero-order valence-corrected chi connectivity index (χ0v) is 45.5. The fourth-order valence-electron chi connectivity index (χ4n) is 9.47. The molecule has 3 aromatic rings. The van der Waals surface area contributed by atoms with Gasteiger partial charge >= 0.3 is 0 Å². The van der Waals surface area contributed by atoms with Crippen molar-refractivity contribution in [2.45, 2.75) is 146 Å². The number of fused-ring (bicyclic) bond motifs is 1. The Bertz CT molecular complexity index is 2770. The topological polar surface area (TPSA) is 417 Å². The number of primary amides is 1. The SMILES string of the molecule is CC(=O)N[C@@H](CO)C(=O)N[C@@H](C)C(=O)N[C@@H](CCCN=C(N)N)C(=O)N[C@@H](Cc1c[nH]c2ccccc12)C(=O)N[C@@H](C)C(=O)N[C@@H](Cc1ccccc1)C(=O)N1CCC[C@H]1C(=O)N[C@@H](C)C(=O)N[C@@H](C)C(=O)N1CCC[C@H]1C(N)=O. The molecule has 0 aliphatic carbocycles. The molecule has 2 aliphatic heterocycles. The zero-order chi connectivity index (χ0) is 58.8. The highest BCUT2D eigenvalue weighted by Gasteiger charge is 2.40. The first-order valence-electron chi connectivity index (χ1n) is 26.5. The summed E-state index contributed by atoms with van der Waals surface area (Å²) in [6.07, 6.45) is 3.25. The van der Waals surface area contributed by atoms with Crippen molar-refractivity contribution >= 4 is 81.8 Å². The van der Waals surface area contributed by atoms with Crippen molar-refractivity contribution in [1.82, 2.24) is 57.3 Å². The molecule has 0 radical (unpaired) electrons. The van der Waals surface area contributed by atoms with E-state index in [1.807, 2.05) is 18.2 Å². The molecule has 1 aromatic heterocycles. The van der Waals surface area contributed by atoms with Crippen LogP contribution < -0.4 is 59.7 Å². The van der Waals surface area contributed by atoms with Crippen LogP contribution in [0.2, 0.25) is 0 Å². The van der Waals surface area contributed by atoms with Crippen molar-refractivity contribution < 1.29 is 57.8 Å². The van der Waals surface area contributed by atoms with Crippen LogP contribution >= 0.6 is 0 Å². The predicted octanol–water partition coefficient (Wildman–Crippen LogP) is -3.56.